The zero-order chi connectivity index (χ0) is 8.69. The van der Waals surface area contributed by atoms with Crippen molar-refractivity contribution in [3.8, 4) is 0 Å². The van der Waals surface area contributed by atoms with Gasteiger partial charge in [-0.25, -0.2) is 0 Å². The van der Waals surface area contributed by atoms with Gasteiger partial charge in [-0.1, -0.05) is 13.3 Å². The fraction of sp³-hybridized carbons (Fsp3) is 0.750. The molecule has 0 aromatic heterocycles. The summed E-state index contributed by atoms with van der Waals surface area (Å²) in [5, 5.41) is 0. The molecule has 0 aromatic carbocycles. The van der Waals surface area contributed by atoms with E-state index in [4.69, 9.17) is 4.74 Å². The molecule has 0 rings (SSSR count). The normalized spacial score (nSPS) is 8.50. The van der Waals surface area contributed by atoms with E-state index < -0.39 is 5.97 Å². The third-order valence-electron chi connectivity index (χ3n) is 1.15. The molecule has 0 aliphatic rings. The number of Topliss-reactive ketones (excluding diaryl/α,β-unsaturated/α-hetero) is 1. The number of carbonyl (C=O) groups is 2. The fourth-order valence-corrected chi connectivity index (χ4v) is 0.585. The molecule has 0 saturated carbocycles. The van der Waals surface area contributed by atoms with Crippen LogP contribution < -0.4 is 0 Å². The Morgan fingerprint density at radius 2 is 1.92 bits per heavy atom. The van der Waals surface area contributed by atoms with E-state index >= 15 is 0 Å². The molecule has 0 fully saturated rings. The van der Waals surface area contributed by atoms with Crippen LogP contribution in [0, 0.1) is 0 Å². The summed E-state index contributed by atoms with van der Waals surface area (Å²) in [6.45, 7) is 3.82. The topological polar surface area (TPSA) is 43.4 Å². The van der Waals surface area contributed by atoms with Gasteiger partial charge >= 0.3 is 5.97 Å². The minimum atomic E-state index is -0.411. The zero-order valence-corrected chi connectivity index (χ0v) is 8.51. The van der Waals surface area contributed by atoms with Gasteiger partial charge in [0.1, 0.15) is 12.2 Å². The zero-order valence-electron chi connectivity index (χ0n) is 7.41. The Hall–Kier alpha value is -0.341. The maximum atomic E-state index is 10.7. The van der Waals surface area contributed by atoms with Crippen LogP contribution in [-0.2, 0) is 31.4 Å². The van der Waals surface area contributed by atoms with E-state index in [1.807, 2.05) is 6.92 Å². The minimum Gasteiger partial charge on any atom is -0.465 e. The molecule has 0 unspecified atom stereocenters. The van der Waals surface area contributed by atoms with Gasteiger partial charge in [0.05, 0.1) is 6.61 Å². The minimum absolute atomic E-state index is 0. The fourth-order valence-electron chi connectivity index (χ4n) is 0.585. The average molecular weight is 214 g/mol. The van der Waals surface area contributed by atoms with Crippen LogP contribution in [0.25, 0.3) is 0 Å². The number of ether oxygens (including phenoxy) is 1. The van der Waals surface area contributed by atoms with Gasteiger partial charge in [-0.05, 0) is 13.3 Å². The Morgan fingerprint density at radius 3 is 2.33 bits per heavy atom. The SMILES string of the molecule is CCCCOC(=O)CC(C)=O.[Fe]. The number of esters is 1. The van der Waals surface area contributed by atoms with Crippen LogP contribution in [0.1, 0.15) is 33.1 Å². The standard InChI is InChI=1S/C8H14O3.Fe/c1-3-4-5-11-8(10)6-7(2)9;/h3-6H2,1-2H3;. The number of rotatable bonds is 5. The van der Waals surface area contributed by atoms with Gasteiger partial charge in [0.2, 0.25) is 0 Å². The van der Waals surface area contributed by atoms with E-state index in [1.54, 1.807) is 0 Å². The molecule has 0 aliphatic carbocycles. The number of hydrogen-bond donors (Lipinski definition) is 0. The summed E-state index contributed by atoms with van der Waals surface area (Å²) in [5.74, 6) is -0.558. The Bertz CT molecular complexity index is 145. The number of ketones is 1. The van der Waals surface area contributed by atoms with E-state index in [1.165, 1.54) is 6.92 Å². The molecule has 3 nitrogen and oxygen atoms in total. The van der Waals surface area contributed by atoms with Crippen molar-refractivity contribution in [1.82, 2.24) is 0 Å². The first kappa shape index (κ1) is 14.2. The van der Waals surface area contributed by atoms with Gasteiger partial charge in [-0.2, -0.15) is 0 Å². The van der Waals surface area contributed by atoms with Crippen LogP contribution >= 0.6 is 0 Å². The van der Waals surface area contributed by atoms with Crippen molar-refractivity contribution in [1.29, 1.82) is 0 Å². The third kappa shape index (κ3) is 9.66. The monoisotopic (exact) mass is 214 g/mol. The van der Waals surface area contributed by atoms with Crippen molar-refractivity contribution in [3.05, 3.63) is 0 Å². The predicted octanol–water partition coefficient (Wildman–Crippen LogP) is 1.31. The second-order valence-electron chi connectivity index (χ2n) is 2.45. The van der Waals surface area contributed by atoms with Crippen LogP contribution in [-0.4, -0.2) is 18.4 Å². The molecule has 0 N–H and O–H groups in total. The quantitative estimate of drug-likeness (QED) is 0.300. The molecule has 0 aromatic rings. The van der Waals surface area contributed by atoms with E-state index in [0.717, 1.165) is 12.8 Å². The van der Waals surface area contributed by atoms with Crippen LogP contribution in [0.2, 0.25) is 0 Å². The van der Waals surface area contributed by atoms with Crippen molar-refractivity contribution in [2.75, 3.05) is 6.61 Å². The third-order valence-corrected chi connectivity index (χ3v) is 1.15. The van der Waals surface area contributed by atoms with E-state index in [0.29, 0.717) is 6.61 Å². The van der Waals surface area contributed by atoms with Crippen LogP contribution in [0.4, 0.5) is 0 Å². The number of carbonyl (C=O) groups excluding carboxylic acids is 2. The van der Waals surface area contributed by atoms with Gasteiger partial charge in [-0.15, -0.1) is 0 Å². The second kappa shape index (κ2) is 8.75. The molecule has 0 amide bonds. The van der Waals surface area contributed by atoms with E-state index in [-0.39, 0.29) is 29.3 Å². The van der Waals surface area contributed by atoms with Crippen molar-refractivity contribution in [2.45, 2.75) is 33.1 Å². The summed E-state index contributed by atoms with van der Waals surface area (Å²) in [4.78, 5) is 21.1. The van der Waals surface area contributed by atoms with E-state index in [2.05, 4.69) is 0 Å². The number of hydrogen-bond acceptors (Lipinski definition) is 3. The van der Waals surface area contributed by atoms with Crippen LogP contribution in [0.3, 0.4) is 0 Å². The summed E-state index contributed by atoms with van der Waals surface area (Å²) in [5.41, 5.74) is 0. The Morgan fingerprint density at radius 1 is 1.33 bits per heavy atom. The predicted molar refractivity (Wildman–Crippen MR) is 41.2 cm³/mol. The Kier molecular flexibility index (Phi) is 10.4. The second-order valence-corrected chi connectivity index (χ2v) is 2.45. The Labute approximate surface area is 83.3 Å². The maximum absolute atomic E-state index is 10.7. The summed E-state index contributed by atoms with van der Waals surface area (Å²) >= 11 is 0. The Balaban J connectivity index is 0. The largest absolute Gasteiger partial charge is 0.465 e. The molecule has 0 spiro atoms. The molecular weight excluding hydrogens is 200 g/mol. The van der Waals surface area contributed by atoms with Crippen LogP contribution in [0.5, 0.6) is 0 Å². The summed E-state index contributed by atoms with van der Waals surface area (Å²) in [7, 11) is 0. The first-order valence-electron chi connectivity index (χ1n) is 3.82. The average Bonchev–Trinajstić information content (AvgIpc) is 1.86. The van der Waals surface area contributed by atoms with Gasteiger partial charge in [0, 0.05) is 17.1 Å². The molecule has 0 saturated heterocycles. The van der Waals surface area contributed by atoms with Crippen molar-refractivity contribution in [3.63, 3.8) is 0 Å². The van der Waals surface area contributed by atoms with Gasteiger partial charge < -0.3 is 4.74 Å². The molecule has 72 valence electrons. The molecule has 0 aliphatic heterocycles. The van der Waals surface area contributed by atoms with Gasteiger partial charge in [0.15, 0.2) is 0 Å². The molecule has 0 bridgehead atoms. The first-order valence-corrected chi connectivity index (χ1v) is 3.82. The first-order chi connectivity index (χ1) is 5.16. The molecule has 12 heavy (non-hydrogen) atoms. The summed E-state index contributed by atoms with van der Waals surface area (Å²) < 4.78 is 4.73. The van der Waals surface area contributed by atoms with Gasteiger partial charge in [0.25, 0.3) is 0 Å². The molecule has 4 heteroatoms. The van der Waals surface area contributed by atoms with Crippen LogP contribution in [0.15, 0.2) is 0 Å². The molecule has 0 atom stereocenters. The molecule has 0 radical (unpaired) electrons. The molecule has 0 heterocycles. The smallest absolute Gasteiger partial charge is 0.313 e. The summed E-state index contributed by atoms with van der Waals surface area (Å²) in [6.07, 6.45) is 1.76. The van der Waals surface area contributed by atoms with Gasteiger partial charge in [-0.3, -0.25) is 9.59 Å². The van der Waals surface area contributed by atoms with Crippen molar-refractivity contribution >= 4 is 11.8 Å². The maximum Gasteiger partial charge on any atom is 0.313 e. The van der Waals surface area contributed by atoms with Crippen molar-refractivity contribution in [2.24, 2.45) is 0 Å². The summed E-state index contributed by atoms with van der Waals surface area (Å²) in [6, 6.07) is 0. The number of unbranched alkanes of at least 4 members (excludes halogenated alkanes) is 1. The van der Waals surface area contributed by atoms with Crippen molar-refractivity contribution < 1.29 is 31.4 Å². The molecular formula is C8H14FeO3. The van der Waals surface area contributed by atoms with E-state index in [9.17, 15) is 9.59 Å².